The molecule has 1 aromatic rings. The van der Waals surface area contributed by atoms with Gasteiger partial charge in [-0.2, -0.15) is 0 Å². The number of hydrogen-bond acceptors (Lipinski definition) is 2. The summed E-state index contributed by atoms with van der Waals surface area (Å²) in [5.74, 6) is 0. The molecule has 3 heteroatoms. The molecule has 0 aliphatic carbocycles. The summed E-state index contributed by atoms with van der Waals surface area (Å²) in [6.45, 7) is 9.32. The Morgan fingerprint density at radius 1 is 1.20 bits per heavy atom. The molecule has 2 nitrogen and oxygen atoms in total. The molecular weight excluding hydrogens is 208 g/mol. The van der Waals surface area contributed by atoms with E-state index in [1.165, 1.54) is 0 Å². The predicted octanol–water partition coefficient (Wildman–Crippen LogP) is 2.90. The Bertz CT molecular complexity index is 465. The quantitative estimate of drug-likeness (QED) is 0.774. The van der Waals surface area contributed by atoms with Gasteiger partial charge in [0.2, 0.25) is 0 Å². The monoisotopic (exact) mass is 224 g/mol. The lowest BCUT2D eigenvalue weighted by Gasteiger charge is -2.21. The summed E-state index contributed by atoms with van der Waals surface area (Å²) in [7, 11) is -3.35. The molecule has 0 amide bonds. The summed E-state index contributed by atoms with van der Waals surface area (Å²) in [5.41, 5.74) is 0.636. The van der Waals surface area contributed by atoms with Gasteiger partial charge in [0.25, 0.3) is 0 Å². The van der Waals surface area contributed by atoms with Crippen LogP contribution < -0.4 is 0 Å². The first-order valence-electron chi connectivity index (χ1n) is 4.76. The molecule has 0 N–H and O–H groups in total. The zero-order chi connectivity index (χ0) is 11.7. The fourth-order valence-electron chi connectivity index (χ4n) is 1.42. The third-order valence-electron chi connectivity index (χ3n) is 2.22. The Hall–Kier alpha value is -1.09. The van der Waals surface area contributed by atoms with Crippen LogP contribution in [0.4, 0.5) is 0 Å². The van der Waals surface area contributed by atoms with Crippen molar-refractivity contribution in [3.8, 4) is 0 Å². The number of hydrogen-bond donors (Lipinski definition) is 0. The van der Waals surface area contributed by atoms with E-state index in [0.717, 1.165) is 11.0 Å². The lowest BCUT2D eigenvalue weighted by molar-refractivity contribution is 0.565. The Kier molecular flexibility index (Phi) is 3.05. The maximum absolute atomic E-state index is 11.8. The normalized spacial score (nSPS) is 12.5. The molecule has 1 aromatic carbocycles. The van der Waals surface area contributed by atoms with E-state index in [1.54, 1.807) is 12.1 Å². The average molecular weight is 224 g/mol. The molecule has 82 valence electrons. The van der Waals surface area contributed by atoms with Gasteiger partial charge in [0.1, 0.15) is 0 Å². The van der Waals surface area contributed by atoms with Crippen molar-refractivity contribution >= 4 is 9.84 Å². The van der Waals surface area contributed by atoms with Crippen molar-refractivity contribution < 1.29 is 8.42 Å². The smallest absolute Gasteiger partial charge is 0.199 e. The topological polar surface area (TPSA) is 34.1 Å². The molecule has 0 bridgehead atoms. The van der Waals surface area contributed by atoms with Gasteiger partial charge < -0.3 is 0 Å². The van der Waals surface area contributed by atoms with Crippen molar-refractivity contribution in [3.05, 3.63) is 41.8 Å². The molecule has 0 unspecified atom stereocenters. The highest BCUT2D eigenvalue weighted by Gasteiger charge is 2.22. The second-order valence-corrected chi connectivity index (χ2v) is 6.32. The van der Waals surface area contributed by atoms with E-state index in [9.17, 15) is 8.42 Å². The van der Waals surface area contributed by atoms with Crippen LogP contribution in [0.2, 0.25) is 0 Å². The molecule has 0 atom stereocenters. The largest absolute Gasteiger partial charge is 0.219 e. The lowest BCUT2D eigenvalue weighted by atomic mass is 9.87. The number of benzene rings is 1. The van der Waals surface area contributed by atoms with Gasteiger partial charge in [-0.25, -0.2) is 8.42 Å². The maximum Gasteiger partial charge on any atom is 0.199 e. The molecule has 0 aliphatic rings. The van der Waals surface area contributed by atoms with Crippen LogP contribution in [0.5, 0.6) is 0 Å². The van der Waals surface area contributed by atoms with E-state index in [4.69, 9.17) is 0 Å². The minimum atomic E-state index is -3.35. The molecule has 0 saturated carbocycles. The summed E-state index contributed by atoms with van der Waals surface area (Å²) in [6, 6.07) is 7.04. The highest BCUT2D eigenvalue weighted by Crippen LogP contribution is 2.29. The van der Waals surface area contributed by atoms with Crippen molar-refractivity contribution in [3.63, 3.8) is 0 Å². The van der Waals surface area contributed by atoms with Gasteiger partial charge in [-0.3, -0.25) is 0 Å². The van der Waals surface area contributed by atoms with Crippen LogP contribution in [-0.4, -0.2) is 8.42 Å². The van der Waals surface area contributed by atoms with Gasteiger partial charge in [0, 0.05) is 5.41 Å². The number of rotatable bonds is 2. The molecule has 1 rings (SSSR count). The summed E-state index contributed by atoms with van der Waals surface area (Å²) >= 11 is 0. The first-order chi connectivity index (χ1) is 6.79. The van der Waals surface area contributed by atoms with Gasteiger partial charge in [-0.1, -0.05) is 45.5 Å². The zero-order valence-corrected chi connectivity index (χ0v) is 10.1. The van der Waals surface area contributed by atoms with Crippen molar-refractivity contribution in [2.75, 3.05) is 0 Å². The molecule has 0 heterocycles. The van der Waals surface area contributed by atoms with E-state index in [0.29, 0.717) is 4.90 Å². The molecule has 0 aliphatic heterocycles. The molecule has 0 saturated heterocycles. The fourth-order valence-corrected chi connectivity index (χ4v) is 2.55. The Labute approximate surface area is 91.6 Å². The third-order valence-corrected chi connectivity index (χ3v) is 3.63. The SMILES string of the molecule is C=CS(=O)(=O)c1ccccc1C(C)(C)C. The van der Waals surface area contributed by atoms with Crippen LogP contribution >= 0.6 is 0 Å². The van der Waals surface area contributed by atoms with Gasteiger partial charge in [-0.15, -0.1) is 0 Å². The Balaban J connectivity index is 3.51. The summed E-state index contributed by atoms with van der Waals surface area (Å²) in [6.07, 6.45) is 0. The van der Waals surface area contributed by atoms with Crippen LogP contribution in [0.3, 0.4) is 0 Å². The minimum absolute atomic E-state index is 0.188. The van der Waals surface area contributed by atoms with Crippen LogP contribution in [0.15, 0.2) is 41.1 Å². The first-order valence-corrected chi connectivity index (χ1v) is 6.31. The third kappa shape index (κ3) is 2.48. The zero-order valence-electron chi connectivity index (χ0n) is 9.32. The second-order valence-electron chi connectivity index (χ2n) is 4.46. The molecule has 0 spiro atoms. The van der Waals surface area contributed by atoms with Gasteiger partial charge in [0.15, 0.2) is 9.84 Å². The van der Waals surface area contributed by atoms with Crippen LogP contribution in [-0.2, 0) is 15.3 Å². The van der Waals surface area contributed by atoms with Gasteiger partial charge >= 0.3 is 0 Å². The van der Waals surface area contributed by atoms with Crippen LogP contribution in [0.1, 0.15) is 26.3 Å². The Morgan fingerprint density at radius 2 is 1.73 bits per heavy atom. The van der Waals surface area contributed by atoms with Crippen molar-refractivity contribution in [2.24, 2.45) is 0 Å². The van der Waals surface area contributed by atoms with E-state index in [2.05, 4.69) is 6.58 Å². The van der Waals surface area contributed by atoms with E-state index < -0.39 is 9.84 Å². The molecule has 0 aromatic heterocycles. The number of sulfone groups is 1. The summed E-state index contributed by atoms with van der Waals surface area (Å²) in [4.78, 5) is 0.354. The molecular formula is C12H16O2S. The lowest BCUT2D eigenvalue weighted by Crippen LogP contribution is -2.15. The highest BCUT2D eigenvalue weighted by atomic mass is 32.2. The van der Waals surface area contributed by atoms with E-state index >= 15 is 0 Å². The standard InChI is InChI=1S/C12H16O2S/c1-5-15(13,14)11-9-7-6-8-10(11)12(2,3)4/h5-9H,1H2,2-4H3. The van der Waals surface area contributed by atoms with Gasteiger partial charge in [-0.05, 0) is 17.0 Å². The highest BCUT2D eigenvalue weighted by molar-refractivity contribution is 7.94. The van der Waals surface area contributed by atoms with Crippen molar-refractivity contribution in [1.82, 2.24) is 0 Å². The van der Waals surface area contributed by atoms with E-state index in [-0.39, 0.29) is 5.41 Å². The van der Waals surface area contributed by atoms with Crippen LogP contribution in [0, 0.1) is 0 Å². The predicted molar refractivity (Wildman–Crippen MR) is 62.5 cm³/mol. The van der Waals surface area contributed by atoms with Gasteiger partial charge in [0.05, 0.1) is 4.90 Å². The second kappa shape index (κ2) is 3.81. The minimum Gasteiger partial charge on any atom is -0.219 e. The molecule has 15 heavy (non-hydrogen) atoms. The van der Waals surface area contributed by atoms with Crippen molar-refractivity contribution in [2.45, 2.75) is 31.1 Å². The van der Waals surface area contributed by atoms with Crippen LogP contribution in [0.25, 0.3) is 0 Å². The molecule has 0 radical (unpaired) electrons. The van der Waals surface area contributed by atoms with Crippen molar-refractivity contribution in [1.29, 1.82) is 0 Å². The molecule has 0 fully saturated rings. The summed E-state index contributed by atoms with van der Waals surface area (Å²) < 4.78 is 23.5. The van der Waals surface area contributed by atoms with E-state index in [1.807, 2.05) is 32.9 Å². The fraction of sp³-hybridized carbons (Fsp3) is 0.333. The first kappa shape index (κ1) is 12.0. The Morgan fingerprint density at radius 3 is 2.20 bits per heavy atom. The maximum atomic E-state index is 11.8. The average Bonchev–Trinajstić information content (AvgIpc) is 2.16. The summed E-state index contributed by atoms with van der Waals surface area (Å²) in [5, 5.41) is 0.998.